The summed E-state index contributed by atoms with van der Waals surface area (Å²) in [6.45, 7) is 11.1. The van der Waals surface area contributed by atoms with Gasteiger partial charge in [-0.15, -0.1) is 0 Å². The van der Waals surface area contributed by atoms with Gasteiger partial charge in [0.25, 0.3) is 0 Å². The van der Waals surface area contributed by atoms with Crippen LogP contribution in [0.4, 0.5) is 0 Å². The van der Waals surface area contributed by atoms with Gasteiger partial charge in [-0.2, -0.15) is 0 Å². The quantitative estimate of drug-likeness (QED) is 0.293. The number of carbonyl (C=O) groups excluding carboxylic acids is 2. The molecule has 4 nitrogen and oxygen atoms in total. The minimum atomic E-state index is -1.83. The van der Waals surface area contributed by atoms with Crippen LogP contribution in [-0.4, -0.2) is 33.3 Å². The molecule has 0 amide bonds. The molecule has 0 saturated heterocycles. The number of allylic oxidation sites excluding steroid dienone is 2. The molecule has 2 atom stereocenters. The Balaban J connectivity index is 2.48. The van der Waals surface area contributed by atoms with E-state index in [9.17, 15) is 9.59 Å². The summed E-state index contributed by atoms with van der Waals surface area (Å²) in [7, 11) is -0.427. The van der Waals surface area contributed by atoms with Crippen LogP contribution in [0.3, 0.4) is 0 Å². The largest absolute Gasteiger partial charge is 0.469 e. The van der Waals surface area contributed by atoms with Gasteiger partial charge in [-0.3, -0.25) is 9.59 Å². The number of Topliss-reactive ketones (excluding diaryl/α,β-unsaturated/α-hetero) is 1. The van der Waals surface area contributed by atoms with E-state index in [1.165, 1.54) is 7.11 Å². The van der Waals surface area contributed by atoms with Gasteiger partial charge < -0.3 is 9.16 Å². The molecule has 1 aliphatic rings. The molecule has 6 heteroatoms. The van der Waals surface area contributed by atoms with Crippen LogP contribution in [0.25, 0.3) is 0 Å². The maximum atomic E-state index is 12.3. The standard InChI is InChI=1S/C19H33BrO4Si/c1-19(2,3)25(5,6)24-16-12-14(17(21)13-16)11-15(20)9-7-8-10-18(22)23-4/h9,14,16H,7-8,10-13H2,1-6H3/b15-9-/t14?,16-/m0/s1. The van der Waals surface area contributed by atoms with Crippen LogP contribution in [0.5, 0.6) is 0 Å². The van der Waals surface area contributed by atoms with Gasteiger partial charge in [0.2, 0.25) is 0 Å². The van der Waals surface area contributed by atoms with E-state index in [-0.39, 0.29) is 23.0 Å². The van der Waals surface area contributed by atoms with Crippen molar-refractivity contribution in [2.75, 3.05) is 7.11 Å². The molecular weight excluding hydrogens is 400 g/mol. The summed E-state index contributed by atoms with van der Waals surface area (Å²) in [6, 6.07) is 0. The first-order valence-electron chi connectivity index (χ1n) is 9.08. The van der Waals surface area contributed by atoms with E-state index in [1.54, 1.807) is 0 Å². The van der Waals surface area contributed by atoms with Crippen LogP contribution in [0.15, 0.2) is 10.6 Å². The normalized spacial score (nSPS) is 22.4. The van der Waals surface area contributed by atoms with Crippen molar-refractivity contribution in [1.29, 1.82) is 0 Å². The third-order valence-electron chi connectivity index (χ3n) is 5.32. The number of ketones is 1. The Labute approximate surface area is 162 Å². The Bertz CT molecular complexity index is 508. The van der Waals surface area contributed by atoms with Gasteiger partial charge >= 0.3 is 5.97 Å². The first-order valence-corrected chi connectivity index (χ1v) is 12.8. The lowest BCUT2D eigenvalue weighted by atomic mass is 10.0. The van der Waals surface area contributed by atoms with Gasteiger partial charge in [0.15, 0.2) is 8.32 Å². The molecule has 0 aromatic carbocycles. The molecule has 25 heavy (non-hydrogen) atoms. The van der Waals surface area contributed by atoms with E-state index in [0.29, 0.717) is 18.6 Å². The monoisotopic (exact) mass is 432 g/mol. The highest BCUT2D eigenvalue weighted by Crippen LogP contribution is 2.40. The molecule has 1 unspecified atom stereocenters. The second-order valence-corrected chi connectivity index (χ2v) is 14.2. The molecule has 0 aliphatic heterocycles. The number of unbranched alkanes of at least 4 members (excludes halogenated alkanes) is 1. The Morgan fingerprint density at radius 3 is 2.56 bits per heavy atom. The van der Waals surface area contributed by atoms with E-state index >= 15 is 0 Å². The second-order valence-electron chi connectivity index (χ2n) is 8.43. The van der Waals surface area contributed by atoms with Gasteiger partial charge in [0, 0.05) is 18.8 Å². The Kier molecular flexibility index (Phi) is 8.55. The van der Waals surface area contributed by atoms with Crippen molar-refractivity contribution in [2.45, 2.75) is 83.5 Å². The lowest BCUT2D eigenvalue weighted by Gasteiger charge is -2.38. The van der Waals surface area contributed by atoms with Crippen LogP contribution in [0.2, 0.25) is 18.1 Å². The smallest absolute Gasteiger partial charge is 0.305 e. The highest BCUT2D eigenvalue weighted by Gasteiger charge is 2.42. The first kappa shape index (κ1) is 22.6. The number of carbonyl (C=O) groups is 2. The van der Waals surface area contributed by atoms with Gasteiger partial charge in [-0.1, -0.05) is 42.8 Å². The number of hydrogen-bond acceptors (Lipinski definition) is 4. The van der Waals surface area contributed by atoms with Crippen LogP contribution >= 0.6 is 15.9 Å². The fourth-order valence-electron chi connectivity index (χ4n) is 2.73. The average molecular weight is 433 g/mol. The van der Waals surface area contributed by atoms with Gasteiger partial charge in [-0.25, -0.2) is 0 Å². The Hall–Kier alpha value is -0.463. The number of methoxy groups -OCH3 is 1. The van der Waals surface area contributed by atoms with Gasteiger partial charge in [0.05, 0.1) is 13.2 Å². The van der Waals surface area contributed by atoms with Crippen molar-refractivity contribution >= 4 is 36.0 Å². The topological polar surface area (TPSA) is 52.6 Å². The van der Waals surface area contributed by atoms with Crippen molar-refractivity contribution in [1.82, 2.24) is 0 Å². The van der Waals surface area contributed by atoms with Crippen LogP contribution in [-0.2, 0) is 18.8 Å². The van der Waals surface area contributed by atoms with Crippen molar-refractivity contribution in [2.24, 2.45) is 5.92 Å². The zero-order chi connectivity index (χ0) is 19.3. The molecule has 0 heterocycles. The van der Waals surface area contributed by atoms with Gasteiger partial charge in [-0.05, 0) is 48.3 Å². The lowest BCUT2D eigenvalue weighted by Crippen LogP contribution is -2.43. The zero-order valence-electron chi connectivity index (χ0n) is 16.5. The summed E-state index contributed by atoms with van der Waals surface area (Å²) < 4.78 is 12.1. The molecule has 1 fully saturated rings. The zero-order valence-corrected chi connectivity index (χ0v) is 19.1. The van der Waals surface area contributed by atoms with Crippen LogP contribution in [0.1, 0.15) is 59.3 Å². The maximum absolute atomic E-state index is 12.3. The molecule has 0 aromatic rings. The predicted molar refractivity (Wildman–Crippen MR) is 107 cm³/mol. The Morgan fingerprint density at radius 2 is 2.00 bits per heavy atom. The summed E-state index contributed by atoms with van der Waals surface area (Å²) in [5, 5.41) is 0.161. The number of hydrogen-bond donors (Lipinski definition) is 0. The molecule has 0 radical (unpaired) electrons. The third-order valence-corrected chi connectivity index (χ3v) is 10.5. The first-order chi connectivity index (χ1) is 11.5. The van der Waals surface area contributed by atoms with Crippen LogP contribution in [0, 0.1) is 5.92 Å². The number of rotatable bonds is 8. The fourth-order valence-corrected chi connectivity index (χ4v) is 4.72. The summed E-state index contributed by atoms with van der Waals surface area (Å²) in [6.07, 6.45) is 6.22. The average Bonchev–Trinajstić information content (AvgIpc) is 2.81. The molecule has 0 bridgehead atoms. The van der Waals surface area contributed by atoms with E-state index in [1.807, 2.05) is 0 Å². The van der Waals surface area contributed by atoms with Crippen molar-refractivity contribution in [3.05, 3.63) is 10.6 Å². The molecule has 1 aliphatic carbocycles. The highest BCUT2D eigenvalue weighted by atomic mass is 79.9. The highest BCUT2D eigenvalue weighted by molar-refractivity contribution is 9.11. The molecule has 1 rings (SSSR count). The third kappa shape index (κ3) is 7.35. The van der Waals surface area contributed by atoms with Gasteiger partial charge in [0.1, 0.15) is 5.78 Å². The van der Waals surface area contributed by atoms with E-state index < -0.39 is 8.32 Å². The molecule has 0 spiro atoms. The summed E-state index contributed by atoms with van der Waals surface area (Å²) in [5.74, 6) is 0.172. The number of esters is 1. The maximum Gasteiger partial charge on any atom is 0.305 e. The van der Waals surface area contributed by atoms with Crippen LogP contribution < -0.4 is 0 Å². The lowest BCUT2D eigenvalue weighted by molar-refractivity contribution is -0.140. The fraction of sp³-hybridized carbons (Fsp3) is 0.789. The van der Waals surface area contributed by atoms with Crippen molar-refractivity contribution < 1.29 is 18.8 Å². The summed E-state index contributed by atoms with van der Waals surface area (Å²) >= 11 is 3.57. The summed E-state index contributed by atoms with van der Waals surface area (Å²) in [5.41, 5.74) is 0. The number of halogens is 1. The predicted octanol–water partition coefficient (Wildman–Crippen LogP) is 5.37. The molecule has 0 aromatic heterocycles. The molecular formula is C19H33BrO4Si. The van der Waals surface area contributed by atoms with E-state index in [0.717, 1.165) is 30.2 Å². The molecule has 1 saturated carbocycles. The van der Waals surface area contributed by atoms with Crippen molar-refractivity contribution in [3.8, 4) is 0 Å². The second kappa shape index (κ2) is 9.47. The van der Waals surface area contributed by atoms with E-state index in [4.69, 9.17) is 4.43 Å². The number of ether oxygens (including phenoxy) is 1. The summed E-state index contributed by atoms with van der Waals surface area (Å²) in [4.78, 5) is 23.4. The minimum absolute atomic E-state index is 0.0426. The van der Waals surface area contributed by atoms with Crippen molar-refractivity contribution in [3.63, 3.8) is 0 Å². The minimum Gasteiger partial charge on any atom is -0.469 e. The molecule has 0 N–H and O–H groups in total. The van der Waals surface area contributed by atoms with E-state index in [2.05, 4.69) is 60.6 Å². The molecule has 144 valence electrons. The Morgan fingerprint density at radius 1 is 1.36 bits per heavy atom. The SMILES string of the molecule is COC(=O)CCC/C=C(\Br)CC1C[C@H](O[Si](C)(C)C(C)(C)C)CC1=O.